The molecule has 0 saturated carbocycles. The molecule has 96 valence electrons. The lowest BCUT2D eigenvalue weighted by Gasteiger charge is -2.07. The predicted octanol–water partition coefficient (Wildman–Crippen LogP) is 3.22. The second kappa shape index (κ2) is 6.06. The normalized spacial score (nSPS) is 10.4. The average molecular weight is 280 g/mol. The maximum atomic E-state index is 4.43. The van der Waals surface area contributed by atoms with Crippen LogP contribution in [-0.4, -0.2) is 23.3 Å². The van der Waals surface area contributed by atoms with E-state index in [2.05, 4.69) is 39.7 Å². The number of nitrogens with zero attached hydrogens (tertiary/aromatic N) is 2. The largest absolute Gasteiger partial charge is 0.373 e. The Morgan fingerprint density at radius 2 is 2.06 bits per heavy atom. The van der Waals surface area contributed by atoms with Crippen molar-refractivity contribution in [3.05, 3.63) is 28.0 Å². The van der Waals surface area contributed by atoms with Crippen LogP contribution in [0.3, 0.4) is 0 Å². The van der Waals surface area contributed by atoms with Crippen molar-refractivity contribution in [1.82, 2.24) is 9.97 Å². The molecule has 0 radical (unpaired) electrons. The Kier molecular flexibility index (Phi) is 4.43. The summed E-state index contributed by atoms with van der Waals surface area (Å²) in [5, 5.41) is 7.14. The van der Waals surface area contributed by atoms with Crippen molar-refractivity contribution >= 4 is 34.7 Å². The number of aryl methyl sites for hydroxylation is 1. The lowest BCUT2D eigenvalue weighted by molar-refractivity contribution is 0.961. The Morgan fingerprint density at radius 3 is 2.67 bits per heavy atom. The van der Waals surface area contributed by atoms with Crippen LogP contribution >= 0.6 is 23.1 Å². The third kappa shape index (κ3) is 3.36. The molecule has 2 aromatic heterocycles. The van der Waals surface area contributed by atoms with Crippen molar-refractivity contribution in [2.24, 2.45) is 0 Å². The molecule has 4 nitrogen and oxygen atoms in total. The van der Waals surface area contributed by atoms with Gasteiger partial charge < -0.3 is 10.6 Å². The summed E-state index contributed by atoms with van der Waals surface area (Å²) in [5.74, 6) is 1.68. The van der Waals surface area contributed by atoms with Gasteiger partial charge in [-0.05, 0) is 25.3 Å². The summed E-state index contributed by atoms with van der Waals surface area (Å²) in [4.78, 5) is 11.4. The van der Waals surface area contributed by atoms with Crippen LogP contribution in [0.5, 0.6) is 0 Å². The number of anilines is 2. The van der Waals surface area contributed by atoms with Gasteiger partial charge in [-0.25, -0.2) is 9.97 Å². The molecule has 0 unspecified atom stereocenters. The van der Waals surface area contributed by atoms with Gasteiger partial charge in [0, 0.05) is 22.9 Å². The van der Waals surface area contributed by atoms with Crippen LogP contribution in [0.15, 0.2) is 23.4 Å². The molecule has 0 spiro atoms. The number of hydrogen-bond acceptors (Lipinski definition) is 6. The van der Waals surface area contributed by atoms with Crippen LogP contribution in [0, 0.1) is 6.92 Å². The SMILES string of the molecule is CNc1cc(NCc2ccc(C)s2)nc(SC)n1. The molecule has 0 fully saturated rings. The molecule has 18 heavy (non-hydrogen) atoms. The van der Waals surface area contributed by atoms with Crippen molar-refractivity contribution in [1.29, 1.82) is 0 Å². The van der Waals surface area contributed by atoms with E-state index in [4.69, 9.17) is 0 Å². The van der Waals surface area contributed by atoms with Crippen LogP contribution in [0.2, 0.25) is 0 Å². The van der Waals surface area contributed by atoms with Crippen molar-refractivity contribution in [2.75, 3.05) is 23.9 Å². The Bertz CT molecular complexity index is 502. The van der Waals surface area contributed by atoms with Gasteiger partial charge in [0.1, 0.15) is 11.6 Å². The fourth-order valence-corrected chi connectivity index (χ4v) is 2.70. The number of thioether (sulfide) groups is 1. The topological polar surface area (TPSA) is 49.8 Å². The third-order valence-electron chi connectivity index (χ3n) is 2.38. The molecule has 0 aliphatic heterocycles. The van der Waals surface area contributed by atoms with Crippen LogP contribution in [-0.2, 0) is 6.54 Å². The van der Waals surface area contributed by atoms with E-state index in [1.165, 1.54) is 21.5 Å². The van der Waals surface area contributed by atoms with Crippen molar-refractivity contribution in [3.8, 4) is 0 Å². The van der Waals surface area contributed by atoms with Gasteiger partial charge in [-0.15, -0.1) is 11.3 Å². The minimum absolute atomic E-state index is 0.770. The van der Waals surface area contributed by atoms with E-state index >= 15 is 0 Å². The van der Waals surface area contributed by atoms with Gasteiger partial charge in [0.15, 0.2) is 5.16 Å². The van der Waals surface area contributed by atoms with Gasteiger partial charge in [0.05, 0.1) is 6.54 Å². The maximum absolute atomic E-state index is 4.43. The van der Waals surface area contributed by atoms with Gasteiger partial charge in [-0.2, -0.15) is 0 Å². The molecule has 2 N–H and O–H groups in total. The van der Waals surface area contributed by atoms with Crippen molar-refractivity contribution in [3.63, 3.8) is 0 Å². The van der Waals surface area contributed by atoms with Crippen LogP contribution in [0.1, 0.15) is 9.75 Å². The highest BCUT2D eigenvalue weighted by Gasteiger charge is 2.03. The summed E-state index contributed by atoms with van der Waals surface area (Å²) in [5.41, 5.74) is 0. The van der Waals surface area contributed by atoms with Gasteiger partial charge in [-0.3, -0.25) is 0 Å². The molecular formula is C12H16N4S2. The zero-order chi connectivity index (χ0) is 13.0. The fourth-order valence-electron chi connectivity index (χ4n) is 1.49. The first-order chi connectivity index (χ1) is 8.71. The average Bonchev–Trinajstić information content (AvgIpc) is 2.81. The molecule has 2 heterocycles. The predicted molar refractivity (Wildman–Crippen MR) is 79.7 cm³/mol. The highest BCUT2D eigenvalue weighted by atomic mass is 32.2. The monoisotopic (exact) mass is 280 g/mol. The number of aromatic nitrogens is 2. The smallest absolute Gasteiger partial charge is 0.191 e. The molecule has 0 amide bonds. The highest BCUT2D eigenvalue weighted by molar-refractivity contribution is 7.98. The van der Waals surface area contributed by atoms with Crippen LogP contribution < -0.4 is 10.6 Å². The van der Waals surface area contributed by atoms with E-state index in [-0.39, 0.29) is 0 Å². The summed E-state index contributed by atoms with van der Waals surface area (Å²) in [7, 11) is 1.86. The fraction of sp³-hybridized carbons (Fsp3) is 0.333. The standard InChI is InChI=1S/C12H16N4S2/c1-8-4-5-9(18-8)7-14-11-6-10(13-2)15-12(16-11)17-3/h4-6H,7H2,1-3H3,(H2,13,14,15,16). The van der Waals surface area contributed by atoms with Gasteiger partial charge in [0.25, 0.3) is 0 Å². The third-order valence-corrected chi connectivity index (χ3v) is 3.93. The van der Waals surface area contributed by atoms with Crippen molar-refractivity contribution < 1.29 is 0 Å². The first kappa shape index (κ1) is 13.2. The molecule has 0 aliphatic carbocycles. The van der Waals surface area contributed by atoms with Crippen LogP contribution in [0.25, 0.3) is 0 Å². The molecule has 0 bridgehead atoms. The van der Waals surface area contributed by atoms with Gasteiger partial charge in [-0.1, -0.05) is 11.8 Å². The molecule has 0 atom stereocenters. The van der Waals surface area contributed by atoms with E-state index in [0.29, 0.717) is 0 Å². The highest BCUT2D eigenvalue weighted by Crippen LogP contribution is 2.19. The van der Waals surface area contributed by atoms with E-state index in [0.717, 1.165) is 23.3 Å². The zero-order valence-corrected chi connectivity index (χ0v) is 12.3. The van der Waals surface area contributed by atoms with E-state index in [9.17, 15) is 0 Å². The van der Waals surface area contributed by atoms with E-state index in [1.54, 1.807) is 11.3 Å². The van der Waals surface area contributed by atoms with Crippen molar-refractivity contribution in [2.45, 2.75) is 18.6 Å². The Morgan fingerprint density at radius 1 is 1.28 bits per heavy atom. The van der Waals surface area contributed by atoms with Crippen LogP contribution in [0.4, 0.5) is 11.6 Å². The first-order valence-corrected chi connectivity index (χ1v) is 7.65. The quantitative estimate of drug-likeness (QED) is 0.650. The summed E-state index contributed by atoms with van der Waals surface area (Å²) in [6.45, 7) is 2.91. The molecular weight excluding hydrogens is 264 g/mol. The number of nitrogens with one attached hydrogen (secondary N) is 2. The lowest BCUT2D eigenvalue weighted by Crippen LogP contribution is -2.03. The molecule has 2 rings (SSSR count). The molecule has 2 aromatic rings. The summed E-state index contributed by atoms with van der Waals surface area (Å²) in [6.07, 6.45) is 1.97. The minimum Gasteiger partial charge on any atom is -0.373 e. The molecule has 0 aromatic carbocycles. The molecule has 0 aliphatic rings. The van der Waals surface area contributed by atoms with Gasteiger partial charge in [0.2, 0.25) is 0 Å². The maximum Gasteiger partial charge on any atom is 0.191 e. The summed E-state index contributed by atoms with van der Waals surface area (Å²) >= 11 is 3.34. The lowest BCUT2D eigenvalue weighted by atomic mass is 10.4. The second-order valence-electron chi connectivity index (χ2n) is 3.74. The Hall–Kier alpha value is -1.27. The van der Waals surface area contributed by atoms with E-state index < -0.39 is 0 Å². The first-order valence-electron chi connectivity index (χ1n) is 5.61. The number of hydrogen-bond donors (Lipinski definition) is 2. The Balaban J connectivity index is 2.08. The Labute approximate surface area is 115 Å². The van der Waals surface area contributed by atoms with E-state index in [1.807, 2.05) is 19.4 Å². The van der Waals surface area contributed by atoms with Gasteiger partial charge >= 0.3 is 0 Å². The second-order valence-corrected chi connectivity index (χ2v) is 5.89. The summed E-state index contributed by atoms with van der Waals surface area (Å²) in [6, 6.07) is 6.19. The number of thiophene rings is 1. The number of rotatable bonds is 5. The minimum atomic E-state index is 0.770. The molecule has 6 heteroatoms. The zero-order valence-electron chi connectivity index (χ0n) is 10.7. The molecule has 0 saturated heterocycles. The summed E-state index contributed by atoms with van der Waals surface area (Å²) < 4.78 is 0.